The molecule has 0 saturated carbocycles. The highest BCUT2D eigenvalue weighted by Crippen LogP contribution is 2.25. The van der Waals surface area contributed by atoms with Crippen molar-refractivity contribution < 1.29 is 9.90 Å². The highest BCUT2D eigenvalue weighted by molar-refractivity contribution is 5.75. The highest BCUT2D eigenvalue weighted by atomic mass is 16.4. The fourth-order valence-corrected chi connectivity index (χ4v) is 1.36. The fourth-order valence-electron chi connectivity index (χ4n) is 1.36. The van der Waals surface area contributed by atoms with Crippen LogP contribution in [-0.4, -0.2) is 17.1 Å². The average Bonchev–Trinajstić information content (AvgIpc) is 2.18. The van der Waals surface area contributed by atoms with Crippen LogP contribution in [-0.2, 0) is 10.2 Å². The molecule has 3 N–H and O–H groups in total. The monoisotopic (exact) mass is 193 g/mol. The number of benzene rings is 1. The summed E-state index contributed by atoms with van der Waals surface area (Å²) < 4.78 is 0. The third-order valence-electron chi connectivity index (χ3n) is 2.56. The van der Waals surface area contributed by atoms with E-state index in [1.807, 2.05) is 44.2 Å². The van der Waals surface area contributed by atoms with Crippen LogP contribution in [0.1, 0.15) is 19.4 Å². The Morgan fingerprint density at radius 1 is 1.36 bits per heavy atom. The number of hydrogen-bond donors (Lipinski definition) is 2. The van der Waals surface area contributed by atoms with Crippen LogP contribution >= 0.6 is 0 Å². The number of carbonyl (C=O) groups is 1. The lowest BCUT2D eigenvalue weighted by molar-refractivity contribution is -0.140. The van der Waals surface area contributed by atoms with Gasteiger partial charge in [0, 0.05) is 5.41 Å². The summed E-state index contributed by atoms with van der Waals surface area (Å²) in [4.78, 5) is 10.8. The summed E-state index contributed by atoms with van der Waals surface area (Å²) in [6.45, 7) is 3.67. The minimum absolute atomic E-state index is 0.549. The van der Waals surface area contributed by atoms with Gasteiger partial charge in [-0.2, -0.15) is 0 Å². The summed E-state index contributed by atoms with van der Waals surface area (Å²) >= 11 is 0. The third kappa shape index (κ3) is 1.93. The molecule has 0 unspecified atom stereocenters. The Morgan fingerprint density at radius 3 is 2.29 bits per heavy atom. The van der Waals surface area contributed by atoms with Gasteiger partial charge in [-0.15, -0.1) is 0 Å². The first kappa shape index (κ1) is 10.7. The number of rotatable bonds is 3. The second-order valence-electron chi connectivity index (χ2n) is 3.90. The van der Waals surface area contributed by atoms with Gasteiger partial charge in [-0.3, -0.25) is 4.79 Å². The van der Waals surface area contributed by atoms with E-state index in [1.54, 1.807) is 0 Å². The van der Waals surface area contributed by atoms with Crippen molar-refractivity contribution in [2.24, 2.45) is 5.73 Å². The maximum absolute atomic E-state index is 10.8. The van der Waals surface area contributed by atoms with Crippen molar-refractivity contribution in [3.63, 3.8) is 0 Å². The first-order valence-electron chi connectivity index (χ1n) is 4.50. The van der Waals surface area contributed by atoms with Gasteiger partial charge in [-0.05, 0) is 5.56 Å². The molecular weight excluding hydrogens is 178 g/mol. The van der Waals surface area contributed by atoms with Gasteiger partial charge in [0.15, 0.2) is 0 Å². The number of carboxylic acid groups (broad SMARTS) is 1. The zero-order chi connectivity index (χ0) is 10.8. The quantitative estimate of drug-likeness (QED) is 0.762. The summed E-state index contributed by atoms with van der Waals surface area (Å²) in [7, 11) is 0. The minimum Gasteiger partial charge on any atom is -0.480 e. The maximum atomic E-state index is 10.8. The molecule has 0 amide bonds. The number of hydrogen-bond acceptors (Lipinski definition) is 2. The molecule has 0 aliphatic heterocycles. The molecule has 14 heavy (non-hydrogen) atoms. The predicted octanol–water partition coefficient (Wildman–Crippen LogP) is 1.38. The Labute approximate surface area is 83.6 Å². The molecule has 1 aromatic carbocycles. The fraction of sp³-hybridized carbons (Fsp3) is 0.364. The zero-order valence-electron chi connectivity index (χ0n) is 8.40. The van der Waals surface area contributed by atoms with E-state index in [9.17, 15) is 4.79 Å². The summed E-state index contributed by atoms with van der Waals surface area (Å²) in [5.74, 6) is -0.973. The van der Waals surface area contributed by atoms with Crippen molar-refractivity contribution in [2.75, 3.05) is 0 Å². The summed E-state index contributed by atoms with van der Waals surface area (Å²) in [6, 6.07) is 8.55. The van der Waals surface area contributed by atoms with Crippen LogP contribution in [0.4, 0.5) is 0 Å². The first-order chi connectivity index (χ1) is 6.46. The van der Waals surface area contributed by atoms with Gasteiger partial charge >= 0.3 is 5.97 Å². The van der Waals surface area contributed by atoms with E-state index in [4.69, 9.17) is 10.8 Å². The van der Waals surface area contributed by atoms with E-state index in [1.165, 1.54) is 0 Å². The first-order valence-corrected chi connectivity index (χ1v) is 4.50. The SMILES string of the molecule is CC(C)(c1ccccc1)[C@H](N)C(=O)O. The smallest absolute Gasteiger partial charge is 0.321 e. The Kier molecular flexibility index (Phi) is 2.91. The van der Waals surface area contributed by atoms with Crippen LogP contribution in [0, 0.1) is 0 Å². The largest absolute Gasteiger partial charge is 0.480 e. The molecule has 76 valence electrons. The van der Waals surface area contributed by atoms with Gasteiger partial charge in [0.2, 0.25) is 0 Å². The van der Waals surface area contributed by atoms with Crippen LogP contribution in [0.3, 0.4) is 0 Å². The third-order valence-corrected chi connectivity index (χ3v) is 2.56. The standard InChI is InChI=1S/C11H15NO2/c1-11(2,9(12)10(13)14)8-6-4-3-5-7-8/h3-7,9H,12H2,1-2H3,(H,13,14)/t9-/m1/s1. The van der Waals surface area contributed by atoms with Crippen LogP contribution < -0.4 is 5.73 Å². The van der Waals surface area contributed by atoms with E-state index >= 15 is 0 Å². The van der Waals surface area contributed by atoms with Gasteiger partial charge in [-0.25, -0.2) is 0 Å². The van der Waals surface area contributed by atoms with Crippen molar-refractivity contribution in [3.05, 3.63) is 35.9 Å². The molecular formula is C11H15NO2. The lowest BCUT2D eigenvalue weighted by Gasteiger charge is -2.29. The predicted molar refractivity (Wildman–Crippen MR) is 55.1 cm³/mol. The molecule has 0 aromatic heterocycles. The molecule has 0 bridgehead atoms. The number of aliphatic carboxylic acids is 1. The van der Waals surface area contributed by atoms with Gasteiger partial charge in [0.05, 0.1) is 0 Å². The molecule has 0 radical (unpaired) electrons. The lowest BCUT2D eigenvalue weighted by atomic mass is 9.78. The summed E-state index contributed by atoms with van der Waals surface area (Å²) in [6.07, 6.45) is 0. The lowest BCUT2D eigenvalue weighted by Crippen LogP contribution is -2.46. The molecule has 1 atom stereocenters. The van der Waals surface area contributed by atoms with E-state index in [0.29, 0.717) is 0 Å². The summed E-state index contributed by atoms with van der Waals surface area (Å²) in [5, 5.41) is 8.85. The van der Waals surface area contributed by atoms with Crippen molar-refractivity contribution in [3.8, 4) is 0 Å². The molecule has 1 rings (SSSR count). The second-order valence-corrected chi connectivity index (χ2v) is 3.90. The maximum Gasteiger partial charge on any atom is 0.321 e. The Balaban J connectivity index is 3.02. The van der Waals surface area contributed by atoms with Crippen molar-refractivity contribution in [2.45, 2.75) is 25.3 Å². The molecule has 0 spiro atoms. The molecule has 3 nitrogen and oxygen atoms in total. The van der Waals surface area contributed by atoms with Crippen LogP contribution in [0.2, 0.25) is 0 Å². The van der Waals surface area contributed by atoms with E-state index in [-0.39, 0.29) is 0 Å². The normalized spacial score (nSPS) is 13.6. The Bertz CT molecular complexity index is 319. The Hall–Kier alpha value is -1.35. The number of nitrogens with two attached hydrogens (primary N) is 1. The van der Waals surface area contributed by atoms with E-state index < -0.39 is 17.4 Å². The van der Waals surface area contributed by atoms with Crippen LogP contribution in [0.15, 0.2) is 30.3 Å². The van der Waals surface area contributed by atoms with Gasteiger partial charge in [0.25, 0.3) is 0 Å². The highest BCUT2D eigenvalue weighted by Gasteiger charge is 2.33. The molecule has 0 saturated heterocycles. The van der Waals surface area contributed by atoms with Crippen molar-refractivity contribution >= 4 is 5.97 Å². The van der Waals surface area contributed by atoms with Gasteiger partial charge in [0.1, 0.15) is 6.04 Å². The number of carboxylic acids is 1. The molecule has 0 aliphatic rings. The van der Waals surface area contributed by atoms with Crippen LogP contribution in [0.25, 0.3) is 0 Å². The van der Waals surface area contributed by atoms with Crippen LogP contribution in [0.5, 0.6) is 0 Å². The average molecular weight is 193 g/mol. The van der Waals surface area contributed by atoms with Crippen molar-refractivity contribution in [1.29, 1.82) is 0 Å². The molecule has 3 heteroatoms. The summed E-state index contributed by atoms with van der Waals surface area (Å²) in [5.41, 5.74) is 6.02. The minimum atomic E-state index is -0.973. The van der Waals surface area contributed by atoms with Gasteiger partial charge in [-0.1, -0.05) is 44.2 Å². The van der Waals surface area contributed by atoms with Crippen molar-refractivity contribution in [1.82, 2.24) is 0 Å². The Morgan fingerprint density at radius 2 is 1.86 bits per heavy atom. The second kappa shape index (κ2) is 3.80. The molecule has 1 aromatic rings. The topological polar surface area (TPSA) is 63.3 Å². The van der Waals surface area contributed by atoms with E-state index in [2.05, 4.69) is 0 Å². The van der Waals surface area contributed by atoms with E-state index in [0.717, 1.165) is 5.56 Å². The molecule has 0 fully saturated rings. The molecule has 0 aliphatic carbocycles. The van der Waals surface area contributed by atoms with Gasteiger partial charge < -0.3 is 10.8 Å². The zero-order valence-corrected chi connectivity index (χ0v) is 8.40. The molecule has 0 heterocycles.